The van der Waals surface area contributed by atoms with Gasteiger partial charge in [-0.05, 0) is 69.9 Å². The van der Waals surface area contributed by atoms with Gasteiger partial charge >= 0.3 is 0 Å². The largest absolute Gasteiger partial charge is 0.311 e. The molecular formula is C17H27NS. The van der Waals surface area contributed by atoms with E-state index in [-0.39, 0.29) is 0 Å². The van der Waals surface area contributed by atoms with E-state index < -0.39 is 0 Å². The van der Waals surface area contributed by atoms with Gasteiger partial charge in [0.1, 0.15) is 0 Å². The van der Waals surface area contributed by atoms with Crippen LogP contribution in [0.5, 0.6) is 0 Å². The zero-order chi connectivity index (χ0) is 13.2. The van der Waals surface area contributed by atoms with Crippen LogP contribution in [0.3, 0.4) is 0 Å². The van der Waals surface area contributed by atoms with Gasteiger partial charge in [-0.2, -0.15) is 0 Å². The lowest BCUT2D eigenvalue weighted by Crippen LogP contribution is -2.41. The van der Waals surface area contributed by atoms with E-state index in [1.165, 1.54) is 54.7 Å². The summed E-state index contributed by atoms with van der Waals surface area (Å²) in [6.45, 7) is 4.56. The zero-order valence-corrected chi connectivity index (χ0v) is 13.1. The second-order valence-corrected chi connectivity index (χ2v) is 8.12. The van der Waals surface area contributed by atoms with Gasteiger partial charge in [-0.1, -0.05) is 12.8 Å². The SMILES string of the molecule is Cc1ccc(CC(C)NC2CCCC(C3CC3)C2)s1. The van der Waals surface area contributed by atoms with Crippen molar-refractivity contribution in [3.63, 3.8) is 0 Å². The third-order valence-corrected chi connectivity index (χ3v) is 5.85. The van der Waals surface area contributed by atoms with Crippen LogP contribution in [0.1, 0.15) is 55.2 Å². The first-order valence-electron chi connectivity index (χ1n) is 8.02. The van der Waals surface area contributed by atoms with Gasteiger partial charge in [-0.3, -0.25) is 0 Å². The highest BCUT2D eigenvalue weighted by atomic mass is 32.1. The van der Waals surface area contributed by atoms with Crippen molar-refractivity contribution < 1.29 is 0 Å². The number of thiophene rings is 1. The molecule has 2 saturated carbocycles. The number of hydrogen-bond donors (Lipinski definition) is 1. The van der Waals surface area contributed by atoms with Crippen molar-refractivity contribution in [1.82, 2.24) is 5.32 Å². The molecule has 19 heavy (non-hydrogen) atoms. The lowest BCUT2D eigenvalue weighted by Gasteiger charge is -2.32. The molecule has 2 heteroatoms. The lowest BCUT2D eigenvalue weighted by molar-refractivity contribution is 0.249. The molecule has 1 nitrogen and oxygen atoms in total. The molecular weight excluding hydrogens is 250 g/mol. The maximum absolute atomic E-state index is 3.90. The normalized spacial score (nSPS) is 29.4. The Hall–Kier alpha value is -0.340. The molecule has 0 saturated heterocycles. The summed E-state index contributed by atoms with van der Waals surface area (Å²) in [5.41, 5.74) is 0. The molecule has 1 aromatic rings. The minimum absolute atomic E-state index is 0.626. The summed E-state index contributed by atoms with van der Waals surface area (Å²) in [5, 5.41) is 3.90. The quantitative estimate of drug-likeness (QED) is 0.833. The van der Waals surface area contributed by atoms with Crippen LogP contribution in [0.25, 0.3) is 0 Å². The fraction of sp³-hybridized carbons (Fsp3) is 0.765. The van der Waals surface area contributed by atoms with E-state index in [0.717, 1.165) is 17.9 Å². The molecule has 3 unspecified atom stereocenters. The summed E-state index contributed by atoms with van der Waals surface area (Å²) >= 11 is 1.95. The minimum atomic E-state index is 0.626. The van der Waals surface area contributed by atoms with Crippen molar-refractivity contribution in [1.29, 1.82) is 0 Å². The molecule has 0 radical (unpaired) electrons. The standard InChI is InChI=1S/C17H27NS/c1-12(10-17-9-6-13(2)19-17)18-16-5-3-4-15(11-16)14-7-8-14/h6,9,12,14-16,18H,3-5,7-8,10-11H2,1-2H3. The molecule has 0 amide bonds. The van der Waals surface area contributed by atoms with Gasteiger partial charge in [-0.25, -0.2) is 0 Å². The summed E-state index contributed by atoms with van der Waals surface area (Å²) in [6.07, 6.45) is 10.0. The van der Waals surface area contributed by atoms with E-state index >= 15 is 0 Å². The van der Waals surface area contributed by atoms with Crippen LogP contribution in [-0.4, -0.2) is 12.1 Å². The molecule has 3 atom stereocenters. The van der Waals surface area contributed by atoms with Gasteiger partial charge in [0.2, 0.25) is 0 Å². The fourth-order valence-corrected chi connectivity index (χ4v) is 4.75. The highest BCUT2D eigenvalue weighted by Crippen LogP contribution is 2.43. The Kier molecular flexibility index (Phi) is 4.28. The van der Waals surface area contributed by atoms with Crippen LogP contribution in [-0.2, 0) is 6.42 Å². The Morgan fingerprint density at radius 2 is 2.05 bits per heavy atom. The van der Waals surface area contributed by atoms with Gasteiger partial charge in [0.05, 0.1) is 0 Å². The number of rotatable bonds is 5. The van der Waals surface area contributed by atoms with Crippen molar-refractivity contribution >= 4 is 11.3 Å². The van der Waals surface area contributed by atoms with Gasteiger partial charge in [0.15, 0.2) is 0 Å². The molecule has 1 N–H and O–H groups in total. The summed E-state index contributed by atoms with van der Waals surface area (Å²) in [7, 11) is 0. The van der Waals surface area contributed by atoms with Gasteiger partial charge in [-0.15, -0.1) is 11.3 Å². The van der Waals surface area contributed by atoms with E-state index in [9.17, 15) is 0 Å². The maximum atomic E-state index is 3.90. The minimum Gasteiger partial charge on any atom is -0.311 e. The molecule has 3 rings (SSSR count). The second kappa shape index (κ2) is 5.97. The third-order valence-electron chi connectivity index (χ3n) is 4.83. The highest BCUT2D eigenvalue weighted by Gasteiger charge is 2.34. The Morgan fingerprint density at radius 3 is 2.74 bits per heavy atom. The summed E-state index contributed by atoms with van der Waals surface area (Å²) < 4.78 is 0. The zero-order valence-electron chi connectivity index (χ0n) is 12.3. The summed E-state index contributed by atoms with van der Waals surface area (Å²) in [6, 6.07) is 5.96. The molecule has 1 heterocycles. The van der Waals surface area contributed by atoms with E-state index in [1.54, 1.807) is 0 Å². The Morgan fingerprint density at radius 1 is 1.21 bits per heavy atom. The van der Waals surface area contributed by atoms with Crippen LogP contribution in [0.2, 0.25) is 0 Å². The van der Waals surface area contributed by atoms with Crippen molar-refractivity contribution in [2.75, 3.05) is 0 Å². The fourth-order valence-electron chi connectivity index (χ4n) is 3.73. The maximum Gasteiger partial charge on any atom is 0.00896 e. The average Bonchev–Trinajstić information content (AvgIpc) is 3.14. The predicted octanol–water partition coefficient (Wildman–Crippen LogP) is 4.55. The number of aryl methyl sites for hydroxylation is 1. The van der Waals surface area contributed by atoms with Crippen molar-refractivity contribution in [3.05, 3.63) is 21.9 Å². The Balaban J connectivity index is 1.47. The van der Waals surface area contributed by atoms with E-state index in [4.69, 9.17) is 0 Å². The first-order chi connectivity index (χ1) is 9.20. The number of nitrogens with one attached hydrogen (secondary N) is 1. The van der Waals surface area contributed by atoms with E-state index in [2.05, 4.69) is 31.3 Å². The lowest BCUT2D eigenvalue weighted by atomic mass is 9.82. The number of hydrogen-bond acceptors (Lipinski definition) is 2. The van der Waals surface area contributed by atoms with Crippen molar-refractivity contribution in [2.45, 2.75) is 70.9 Å². The Bertz CT molecular complexity index is 407. The topological polar surface area (TPSA) is 12.0 Å². The molecule has 106 valence electrons. The van der Waals surface area contributed by atoms with Gasteiger partial charge in [0.25, 0.3) is 0 Å². The van der Waals surface area contributed by atoms with Crippen molar-refractivity contribution in [2.24, 2.45) is 11.8 Å². The third kappa shape index (κ3) is 3.82. The van der Waals surface area contributed by atoms with E-state index in [1.807, 2.05) is 11.3 Å². The van der Waals surface area contributed by atoms with E-state index in [0.29, 0.717) is 6.04 Å². The smallest absolute Gasteiger partial charge is 0.00896 e. The second-order valence-electron chi connectivity index (χ2n) is 6.75. The Labute approximate surface area is 121 Å². The van der Waals surface area contributed by atoms with Crippen LogP contribution < -0.4 is 5.32 Å². The summed E-state index contributed by atoms with van der Waals surface area (Å²) in [4.78, 5) is 2.97. The average molecular weight is 277 g/mol. The monoisotopic (exact) mass is 277 g/mol. The molecule has 2 aliphatic rings. The van der Waals surface area contributed by atoms with Gasteiger partial charge in [0, 0.05) is 21.8 Å². The predicted molar refractivity (Wildman–Crippen MR) is 83.8 cm³/mol. The molecule has 2 aliphatic carbocycles. The highest BCUT2D eigenvalue weighted by molar-refractivity contribution is 7.11. The van der Waals surface area contributed by atoms with Crippen LogP contribution >= 0.6 is 11.3 Å². The molecule has 2 fully saturated rings. The summed E-state index contributed by atoms with van der Waals surface area (Å²) in [5.74, 6) is 2.14. The molecule has 1 aromatic heterocycles. The van der Waals surface area contributed by atoms with Crippen LogP contribution in [0.4, 0.5) is 0 Å². The van der Waals surface area contributed by atoms with Crippen molar-refractivity contribution in [3.8, 4) is 0 Å². The van der Waals surface area contributed by atoms with Gasteiger partial charge < -0.3 is 5.32 Å². The molecule has 0 bridgehead atoms. The molecule has 0 aromatic carbocycles. The van der Waals surface area contributed by atoms with Crippen LogP contribution in [0.15, 0.2) is 12.1 Å². The first kappa shape index (κ1) is 13.6. The first-order valence-corrected chi connectivity index (χ1v) is 8.83. The molecule has 0 spiro atoms. The molecule has 0 aliphatic heterocycles. The van der Waals surface area contributed by atoms with Crippen LogP contribution in [0, 0.1) is 18.8 Å².